The van der Waals surface area contributed by atoms with E-state index in [4.69, 9.17) is 11.6 Å². The van der Waals surface area contributed by atoms with Gasteiger partial charge < -0.3 is 4.90 Å². The van der Waals surface area contributed by atoms with Crippen LogP contribution in [0.15, 0.2) is 12.4 Å². The van der Waals surface area contributed by atoms with Gasteiger partial charge in [-0.2, -0.15) is 5.10 Å². The number of alkyl halides is 1. The number of aromatic nitrogens is 2. The smallest absolute Gasteiger partial charge is 0.257 e. The zero-order chi connectivity index (χ0) is 10.8. The van der Waals surface area contributed by atoms with Gasteiger partial charge >= 0.3 is 0 Å². The van der Waals surface area contributed by atoms with Crippen molar-refractivity contribution in [3.05, 3.63) is 18.0 Å². The molecule has 0 aromatic carbocycles. The third kappa shape index (κ3) is 2.07. The van der Waals surface area contributed by atoms with Gasteiger partial charge in [0.05, 0.1) is 17.3 Å². The number of hydrogen-bond acceptors (Lipinski definition) is 2. The van der Waals surface area contributed by atoms with E-state index < -0.39 is 0 Å². The van der Waals surface area contributed by atoms with E-state index in [0.29, 0.717) is 11.4 Å². The molecule has 1 N–H and O–H groups in total. The van der Waals surface area contributed by atoms with Crippen molar-refractivity contribution in [2.75, 3.05) is 12.9 Å². The molecule has 0 bridgehead atoms. The average molecular weight is 216 g/mol. The summed E-state index contributed by atoms with van der Waals surface area (Å²) in [6.07, 6.45) is 3.08. The third-order valence-corrected chi connectivity index (χ3v) is 2.94. The number of amides is 1. The highest BCUT2D eigenvalue weighted by Crippen LogP contribution is 2.16. The number of nitrogens with zero attached hydrogens (tertiary/aromatic N) is 2. The van der Waals surface area contributed by atoms with Crippen LogP contribution in [0.3, 0.4) is 0 Å². The Kier molecular flexibility index (Phi) is 3.16. The number of H-pyrrole nitrogens is 1. The van der Waals surface area contributed by atoms with Gasteiger partial charge in [0.1, 0.15) is 0 Å². The Morgan fingerprint density at radius 3 is 2.79 bits per heavy atom. The molecule has 5 heteroatoms. The van der Waals surface area contributed by atoms with Crippen molar-refractivity contribution in [2.45, 2.75) is 19.4 Å². The number of hydrogen-bond donors (Lipinski definition) is 1. The first-order valence-corrected chi connectivity index (χ1v) is 4.85. The molecule has 0 spiro atoms. The van der Waals surface area contributed by atoms with Crippen LogP contribution in [0, 0.1) is 0 Å². The van der Waals surface area contributed by atoms with E-state index in [2.05, 4.69) is 10.2 Å². The van der Waals surface area contributed by atoms with Gasteiger partial charge in [-0.1, -0.05) is 0 Å². The minimum atomic E-state index is -0.351. The van der Waals surface area contributed by atoms with Crippen molar-refractivity contribution >= 4 is 17.5 Å². The lowest BCUT2D eigenvalue weighted by atomic mass is 10.1. The zero-order valence-corrected chi connectivity index (χ0v) is 9.30. The molecule has 0 aliphatic carbocycles. The molecule has 0 aliphatic heterocycles. The Morgan fingerprint density at radius 2 is 2.36 bits per heavy atom. The summed E-state index contributed by atoms with van der Waals surface area (Å²) in [5.41, 5.74) is 0.196. The monoisotopic (exact) mass is 215 g/mol. The second-order valence-electron chi connectivity index (χ2n) is 3.80. The lowest BCUT2D eigenvalue weighted by Gasteiger charge is -2.33. The van der Waals surface area contributed by atoms with Crippen molar-refractivity contribution in [1.29, 1.82) is 0 Å². The molecular formula is C9H14ClN3O. The maximum atomic E-state index is 11.8. The second-order valence-corrected chi connectivity index (χ2v) is 4.06. The largest absolute Gasteiger partial charge is 0.335 e. The van der Waals surface area contributed by atoms with E-state index in [-0.39, 0.29) is 11.4 Å². The molecule has 0 atom stereocenters. The molecule has 14 heavy (non-hydrogen) atoms. The maximum Gasteiger partial charge on any atom is 0.257 e. The van der Waals surface area contributed by atoms with Crippen molar-refractivity contribution < 1.29 is 4.79 Å². The lowest BCUT2D eigenvalue weighted by molar-refractivity contribution is 0.0660. The molecule has 1 aromatic heterocycles. The molecule has 4 nitrogen and oxygen atoms in total. The first kappa shape index (κ1) is 11.0. The summed E-state index contributed by atoms with van der Waals surface area (Å²) < 4.78 is 0. The van der Waals surface area contributed by atoms with E-state index in [1.54, 1.807) is 18.1 Å². The summed E-state index contributed by atoms with van der Waals surface area (Å²) in [7, 11) is 1.73. The standard InChI is InChI=1S/C9H14ClN3O/c1-9(2,6-10)13(3)8(14)7-4-11-12-5-7/h4-5H,6H2,1-3H3,(H,11,12). The molecule has 0 saturated carbocycles. The van der Waals surface area contributed by atoms with E-state index in [0.717, 1.165) is 0 Å². The minimum absolute atomic E-state index is 0.0793. The van der Waals surface area contributed by atoms with Crippen LogP contribution < -0.4 is 0 Å². The summed E-state index contributed by atoms with van der Waals surface area (Å²) in [5.74, 6) is 0.317. The predicted octanol–water partition coefficient (Wildman–Crippen LogP) is 1.50. The number of halogens is 1. The van der Waals surface area contributed by atoms with Crippen molar-refractivity contribution in [3.8, 4) is 0 Å². The van der Waals surface area contributed by atoms with Crippen LogP contribution >= 0.6 is 11.6 Å². The van der Waals surface area contributed by atoms with Gasteiger partial charge in [0, 0.05) is 19.1 Å². The molecule has 1 amide bonds. The van der Waals surface area contributed by atoms with Gasteiger partial charge in [0.25, 0.3) is 5.91 Å². The number of aromatic amines is 1. The first-order valence-electron chi connectivity index (χ1n) is 4.32. The lowest BCUT2D eigenvalue weighted by Crippen LogP contribution is -2.46. The van der Waals surface area contributed by atoms with E-state index >= 15 is 0 Å². The van der Waals surface area contributed by atoms with Crippen LogP contribution in [-0.2, 0) is 0 Å². The normalized spacial score (nSPS) is 11.4. The number of carbonyl (C=O) groups excluding carboxylic acids is 1. The van der Waals surface area contributed by atoms with E-state index in [1.807, 2.05) is 13.8 Å². The third-order valence-electron chi connectivity index (χ3n) is 2.28. The van der Waals surface area contributed by atoms with Crippen LogP contribution in [0.25, 0.3) is 0 Å². The van der Waals surface area contributed by atoms with Crippen LogP contribution in [0.4, 0.5) is 0 Å². The first-order chi connectivity index (χ1) is 6.49. The summed E-state index contributed by atoms with van der Waals surface area (Å²) >= 11 is 5.78. The van der Waals surface area contributed by atoms with Crippen LogP contribution in [-0.4, -0.2) is 39.5 Å². The molecule has 0 unspecified atom stereocenters. The molecule has 78 valence electrons. The Bertz CT molecular complexity index is 308. The number of nitrogens with one attached hydrogen (secondary N) is 1. The topological polar surface area (TPSA) is 49.0 Å². The summed E-state index contributed by atoms with van der Waals surface area (Å²) in [4.78, 5) is 13.4. The predicted molar refractivity (Wildman–Crippen MR) is 55.5 cm³/mol. The molecule has 1 rings (SSSR count). The van der Waals surface area contributed by atoms with Gasteiger partial charge in [0.15, 0.2) is 0 Å². The molecule has 1 heterocycles. The molecule has 1 aromatic rings. The fourth-order valence-electron chi connectivity index (χ4n) is 0.926. The molecule has 0 aliphatic rings. The van der Waals surface area contributed by atoms with E-state index in [1.165, 1.54) is 6.20 Å². The minimum Gasteiger partial charge on any atom is -0.335 e. The summed E-state index contributed by atoms with van der Waals surface area (Å²) in [6, 6.07) is 0. The molecule has 0 radical (unpaired) electrons. The second kappa shape index (κ2) is 4.00. The quantitative estimate of drug-likeness (QED) is 0.777. The highest BCUT2D eigenvalue weighted by Gasteiger charge is 2.27. The Morgan fingerprint density at radius 1 is 1.71 bits per heavy atom. The van der Waals surface area contributed by atoms with Gasteiger partial charge in [-0.15, -0.1) is 11.6 Å². The fraction of sp³-hybridized carbons (Fsp3) is 0.556. The van der Waals surface area contributed by atoms with Crippen LogP contribution in [0.5, 0.6) is 0 Å². The van der Waals surface area contributed by atoms with Crippen LogP contribution in [0.2, 0.25) is 0 Å². The van der Waals surface area contributed by atoms with Gasteiger partial charge in [-0.3, -0.25) is 9.89 Å². The summed E-state index contributed by atoms with van der Waals surface area (Å²) in [6.45, 7) is 3.83. The Balaban J connectivity index is 2.81. The van der Waals surface area contributed by atoms with Gasteiger partial charge in [0.2, 0.25) is 0 Å². The molecule has 0 fully saturated rings. The molecular weight excluding hydrogens is 202 g/mol. The average Bonchev–Trinajstić information content (AvgIpc) is 2.68. The van der Waals surface area contributed by atoms with Crippen molar-refractivity contribution in [2.24, 2.45) is 0 Å². The Hall–Kier alpha value is -1.03. The highest BCUT2D eigenvalue weighted by atomic mass is 35.5. The van der Waals surface area contributed by atoms with Crippen molar-refractivity contribution in [1.82, 2.24) is 15.1 Å². The maximum absolute atomic E-state index is 11.8. The highest BCUT2D eigenvalue weighted by molar-refractivity contribution is 6.18. The summed E-state index contributed by atoms with van der Waals surface area (Å²) in [5, 5.41) is 6.33. The van der Waals surface area contributed by atoms with Crippen molar-refractivity contribution in [3.63, 3.8) is 0 Å². The number of rotatable bonds is 3. The SMILES string of the molecule is CN(C(=O)c1cn[nH]c1)C(C)(C)CCl. The van der Waals surface area contributed by atoms with Gasteiger partial charge in [-0.25, -0.2) is 0 Å². The fourth-order valence-corrected chi connectivity index (χ4v) is 1.11. The van der Waals surface area contributed by atoms with Crippen LogP contribution in [0.1, 0.15) is 24.2 Å². The van der Waals surface area contributed by atoms with E-state index in [9.17, 15) is 4.79 Å². The Labute approximate surface area is 88.2 Å². The number of carbonyl (C=O) groups is 1. The van der Waals surface area contributed by atoms with Gasteiger partial charge in [-0.05, 0) is 13.8 Å². The molecule has 0 saturated heterocycles. The zero-order valence-electron chi connectivity index (χ0n) is 8.54.